The highest BCUT2D eigenvalue weighted by molar-refractivity contribution is 9.09. The van der Waals surface area contributed by atoms with Crippen molar-refractivity contribution in [3.63, 3.8) is 0 Å². The molecule has 0 aromatic rings. The van der Waals surface area contributed by atoms with E-state index in [4.69, 9.17) is 9.47 Å². The summed E-state index contributed by atoms with van der Waals surface area (Å²) in [6.07, 6.45) is 0.931. The lowest BCUT2D eigenvalue weighted by atomic mass is 10.3. The zero-order chi connectivity index (χ0) is 8.69. The first-order valence-electron chi connectivity index (χ1n) is 4.13. The van der Waals surface area contributed by atoms with Gasteiger partial charge in [-0.15, -0.1) is 0 Å². The summed E-state index contributed by atoms with van der Waals surface area (Å²) in [5.41, 5.74) is 0. The molecule has 0 spiro atoms. The fourth-order valence-corrected chi connectivity index (χ4v) is 1.08. The molecule has 0 amide bonds. The molecule has 0 saturated carbocycles. The third kappa shape index (κ3) is 4.77. The summed E-state index contributed by atoms with van der Waals surface area (Å²) in [7, 11) is 0. The van der Waals surface area contributed by atoms with Gasteiger partial charge in [0.15, 0.2) is 6.29 Å². The molecule has 0 saturated heterocycles. The average Bonchev–Trinajstić information content (AvgIpc) is 2.03. The Kier molecular flexibility index (Phi) is 7.33. The Balaban J connectivity index is 3.66. The first-order valence-corrected chi connectivity index (χ1v) is 5.05. The van der Waals surface area contributed by atoms with Crippen molar-refractivity contribution in [3.05, 3.63) is 0 Å². The maximum Gasteiger partial charge on any atom is 0.169 e. The second kappa shape index (κ2) is 7.07. The highest BCUT2D eigenvalue weighted by Gasteiger charge is 2.16. The third-order valence-electron chi connectivity index (χ3n) is 1.35. The molecule has 0 aliphatic rings. The van der Waals surface area contributed by atoms with Crippen LogP contribution >= 0.6 is 15.9 Å². The molecule has 0 heterocycles. The molecule has 0 aliphatic carbocycles. The molecule has 0 bridgehead atoms. The largest absolute Gasteiger partial charge is 0.352 e. The fourth-order valence-electron chi connectivity index (χ4n) is 0.778. The molecular formula is C8H17BrO2. The van der Waals surface area contributed by atoms with Gasteiger partial charge in [-0.1, -0.05) is 22.9 Å². The lowest BCUT2D eigenvalue weighted by Gasteiger charge is -2.20. The van der Waals surface area contributed by atoms with Crippen LogP contribution in [0.4, 0.5) is 0 Å². The third-order valence-corrected chi connectivity index (χ3v) is 2.43. The van der Waals surface area contributed by atoms with Crippen LogP contribution < -0.4 is 0 Å². The van der Waals surface area contributed by atoms with E-state index >= 15 is 0 Å². The normalized spacial score (nSPS) is 13.9. The van der Waals surface area contributed by atoms with Gasteiger partial charge in [0, 0.05) is 13.2 Å². The number of hydrogen-bond donors (Lipinski definition) is 0. The van der Waals surface area contributed by atoms with Crippen LogP contribution in [0.25, 0.3) is 0 Å². The van der Waals surface area contributed by atoms with Crippen LogP contribution in [0.2, 0.25) is 0 Å². The number of ether oxygens (including phenoxy) is 2. The molecule has 3 heteroatoms. The van der Waals surface area contributed by atoms with E-state index in [0.29, 0.717) is 18.0 Å². The van der Waals surface area contributed by atoms with Crippen LogP contribution in [0, 0.1) is 0 Å². The molecule has 11 heavy (non-hydrogen) atoms. The second-order valence-electron chi connectivity index (χ2n) is 2.20. The Morgan fingerprint density at radius 3 is 1.82 bits per heavy atom. The van der Waals surface area contributed by atoms with E-state index in [-0.39, 0.29) is 6.29 Å². The van der Waals surface area contributed by atoms with Gasteiger partial charge in [0.05, 0.1) is 4.83 Å². The Morgan fingerprint density at radius 2 is 1.55 bits per heavy atom. The van der Waals surface area contributed by atoms with Gasteiger partial charge in [-0.2, -0.15) is 0 Å². The molecule has 0 aromatic heterocycles. The predicted octanol–water partition coefficient (Wildman–Crippen LogP) is 2.56. The van der Waals surface area contributed by atoms with E-state index in [2.05, 4.69) is 22.9 Å². The van der Waals surface area contributed by atoms with Crippen molar-refractivity contribution in [1.29, 1.82) is 0 Å². The van der Waals surface area contributed by atoms with E-state index in [1.165, 1.54) is 0 Å². The van der Waals surface area contributed by atoms with Crippen LogP contribution in [-0.2, 0) is 9.47 Å². The SMILES string of the molecule is CCOC(OCC)C(Br)CC. The number of alkyl halides is 1. The van der Waals surface area contributed by atoms with Crippen LogP contribution in [0.1, 0.15) is 27.2 Å². The van der Waals surface area contributed by atoms with Crippen molar-refractivity contribution in [2.45, 2.75) is 38.3 Å². The summed E-state index contributed by atoms with van der Waals surface area (Å²) >= 11 is 3.50. The van der Waals surface area contributed by atoms with Gasteiger partial charge < -0.3 is 9.47 Å². The molecule has 1 atom stereocenters. The molecule has 0 aromatic carbocycles. The maximum absolute atomic E-state index is 5.37. The Bertz CT molecular complexity index is 82.2. The molecule has 0 N–H and O–H groups in total. The fraction of sp³-hybridized carbons (Fsp3) is 1.00. The maximum atomic E-state index is 5.37. The lowest BCUT2D eigenvalue weighted by Crippen LogP contribution is -2.27. The standard InChI is InChI=1S/C8H17BrO2/c1-4-7(9)8(10-5-2)11-6-3/h7-8H,4-6H2,1-3H3. The lowest BCUT2D eigenvalue weighted by molar-refractivity contribution is -0.134. The minimum atomic E-state index is -0.0880. The summed E-state index contributed by atoms with van der Waals surface area (Å²) in [4.78, 5) is 0.308. The zero-order valence-electron chi connectivity index (χ0n) is 7.47. The van der Waals surface area contributed by atoms with Crippen LogP contribution in [0.3, 0.4) is 0 Å². The summed E-state index contributed by atoms with van der Waals surface area (Å²) in [6, 6.07) is 0. The topological polar surface area (TPSA) is 18.5 Å². The smallest absolute Gasteiger partial charge is 0.169 e. The number of rotatable bonds is 6. The average molecular weight is 225 g/mol. The highest BCUT2D eigenvalue weighted by atomic mass is 79.9. The highest BCUT2D eigenvalue weighted by Crippen LogP contribution is 2.14. The van der Waals surface area contributed by atoms with E-state index < -0.39 is 0 Å². The van der Waals surface area contributed by atoms with Crippen molar-refractivity contribution in [2.75, 3.05) is 13.2 Å². The Labute approximate surface area is 77.4 Å². The van der Waals surface area contributed by atoms with Gasteiger partial charge in [-0.05, 0) is 20.3 Å². The molecule has 1 unspecified atom stereocenters. The summed E-state index contributed by atoms with van der Waals surface area (Å²) in [5, 5.41) is 0. The molecule has 2 nitrogen and oxygen atoms in total. The van der Waals surface area contributed by atoms with Gasteiger partial charge in [-0.25, -0.2) is 0 Å². The summed E-state index contributed by atoms with van der Waals surface area (Å²) < 4.78 is 10.7. The van der Waals surface area contributed by atoms with Gasteiger partial charge in [-0.3, -0.25) is 0 Å². The second-order valence-corrected chi connectivity index (χ2v) is 3.38. The predicted molar refractivity (Wildman–Crippen MR) is 50.0 cm³/mol. The minimum Gasteiger partial charge on any atom is -0.352 e. The Hall–Kier alpha value is 0.400. The molecule has 0 radical (unpaired) electrons. The van der Waals surface area contributed by atoms with Crippen molar-refractivity contribution in [1.82, 2.24) is 0 Å². The van der Waals surface area contributed by atoms with E-state index in [0.717, 1.165) is 6.42 Å². The monoisotopic (exact) mass is 224 g/mol. The van der Waals surface area contributed by atoms with Crippen molar-refractivity contribution < 1.29 is 9.47 Å². The minimum absolute atomic E-state index is 0.0880. The van der Waals surface area contributed by atoms with Crippen molar-refractivity contribution >= 4 is 15.9 Å². The molecule has 68 valence electrons. The molecule has 0 aliphatic heterocycles. The summed E-state index contributed by atoms with van der Waals surface area (Å²) in [6.45, 7) is 7.45. The first-order chi connectivity index (χ1) is 5.26. The quantitative estimate of drug-likeness (QED) is 0.511. The van der Waals surface area contributed by atoms with Gasteiger partial charge in [0.1, 0.15) is 0 Å². The zero-order valence-corrected chi connectivity index (χ0v) is 9.06. The van der Waals surface area contributed by atoms with Crippen molar-refractivity contribution in [3.8, 4) is 0 Å². The van der Waals surface area contributed by atoms with Crippen molar-refractivity contribution in [2.24, 2.45) is 0 Å². The first kappa shape index (κ1) is 11.4. The number of halogens is 1. The molecule has 0 fully saturated rings. The van der Waals surface area contributed by atoms with Gasteiger partial charge >= 0.3 is 0 Å². The van der Waals surface area contributed by atoms with Gasteiger partial charge in [0.25, 0.3) is 0 Å². The molecular weight excluding hydrogens is 208 g/mol. The van der Waals surface area contributed by atoms with Gasteiger partial charge in [0.2, 0.25) is 0 Å². The van der Waals surface area contributed by atoms with E-state index in [1.54, 1.807) is 0 Å². The van der Waals surface area contributed by atoms with Crippen LogP contribution in [0.15, 0.2) is 0 Å². The van der Waals surface area contributed by atoms with E-state index in [9.17, 15) is 0 Å². The van der Waals surface area contributed by atoms with Crippen LogP contribution in [0.5, 0.6) is 0 Å². The molecule has 0 rings (SSSR count). The van der Waals surface area contributed by atoms with E-state index in [1.807, 2.05) is 13.8 Å². The van der Waals surface area contributed by atoms with Crippen LogP contribution in [-0.4, -0.2) is 24.3 Å². The summed E-state index contributed by atoms with van der Waals surface area (Å²) in [5.74, 6) is 0. The number of hydrogen-bond acceptors (Lipinski definition) is 2. The Morgan fingerprint density at radius 1 is 1.09 bits per heavy atom.